The number of carbonyl (C=O) groups is 1. The number of phenolic OH excluding ortho intramolecular Hbond substituents is 1. The topological polar surface area (TPSA) is 85.3 Å². The van der Waals surface area contributed by atoms with Gasteiger partial charge in [0.2, 0.25) is 0 Å². The molecule has 0 aliphatic heterocycles. The van der Waals surface area contributed by atoms with Crippen LogP contribution in [0.1, 0.15) is 15.9 Å². The summed E-state index contributed by atoms with van der Waals surface area (Å²) >= 11 is 0. The second-order valence-electron chi connectivity index (χ2n) is 5.28. The van der Waals surface area contributed by atoms with E-state index in [1.165, 1.54) is 30.3 Å². The van der Waals surface area contributed by atoms with E-state index in [-0.39, 0.29) is 28.4 Å². The number of halogens is 2. The molecule has 0 fully saturated rings. The van der Waals surface area contributed by atoms with Crippen molar-refractivity contribution in [2.45, 2.75) is 0 Å². The largest absolute Gasteiger partial charge is 0.508 e. The number of aromatic nitrogens is 1. The van der Waals surface area contributed by atoms with Crippen molar-refractivity contribution in [2.24, 2.45) is 0 Å². The van der Waals surface area contributed by atoms with Crippen molar-refractivity contribution < 1.29 is 18.7 Å². The summed E-state index contributed by atoms with van der Waals surface area (Å²) in [6.45, 7) is 0. The first-order valence-electron chi connectivity index (χ1n) is 7.19. The van der Waals surface area contributed by atoms with Gasteiger partial charge in [0.25, 0.3) is 5.56 Å². The van der Waals surface area contributed by atoms with Crippen molar-refractivity contribution in [3.8, 4) is 11.4 Å². The average molecular weight is 342 g/mol. The molecule has 5 nitrogen and oxygen atoms in total. The molecule has 3 rings (SSSR count). The van der Waals surface area contributed by atoms with Crippen molar-refractivity contribution in [3.05, 3.63) is 87.7 Å². The highest BCUT2D eigenvalue weighted by Gasteiger charge is 2.18. The summed E-state index contributed by atoms with van der Waals surface area (Å²) in [6, 6.07) is 10.3. The van der Waals surface area contributed by atoms with Crippen molar-refractivity contribution in [1.82, 2.24) is 4.57 Å². The number of hydrogen-bond acceptors (Lipinski definition) is 4. The van der Waals surface area contributed by atoms with Crippen LogP contribution >= 0.6 is 0 Å². The molecule has 2 aromatic carbocycles. The minimum atomic E-state index is -0.875. The lowest BCUT2D eigenvalue weighted by Gasteiger charge is -2.14. The molecule has 7 heteroatoms. The summed E-state index contributed by atoms with van der Waals surface area (Å²) < 4.78 is 27.9. The molecule has 0 radical (unpaired) electrons. The third-order valence-corrected chi connectivity index (χ3v) is 3.65. The van der Waals surface area contributed by atoms with Crippen LogP contribution in [0.5, 0.6) is 5.75 Å². The predicted molar refractivity (Wildman–Crippen MR) is 87.9 cm³/mol. The fraction of sp³-hybridized carbons (Fsp3) is 0. The normalized spacial score (nSPS) is 10.6. The maximum atomic E-state index is 14.1. The number of aromatic hydroxyl groups is 1. The number of phenols is 1. The van der Waals surface area contributed by atoms with Gasteiger partial charge in [-0.05, 0) is 42.5 Å². The zero-order valence-corrected chi connectivity index (χ0v) is 12.7. The second kappa shape index (κ2) is 6.20. The Morgan fingerprint density at radius 1 is 1.00 bits per heavy atom. The molecule has 0 aliphatic carbocycles. The zero-order valence-electron chi connectivity index (χ0n) is 12.7. The molecule has 3 N–H and O–H groups in total. The Hall–Kier alpha value is -3.48. The van der Waals surface area contributed by atoms with Crippen LogP contribution in [0.3, 0.4) is 0 Å². The minimum Gasteiger partial charge on any atom is -0.508 e. The lowest BCUT2D eigenvalue weighted by molar-refractivity contribution is 0.103. The van der Waals surface area contributed by atoms with Crippen LogP contribution in [0.2, 0.25) is 0 Å². The Morgan fingerprint density at radius 3 is 2.32 bits per heavy atom. The molecule has 1 heterocycles. The number of carbonyl (C=O) groups excluding carboxylic acids is 1. The zero-order chi connectivity index (χ0) is 18.1. The van der Waals surface area contributed by atoms with Gasteiger partial charge in [0.05, 0.1) is 11.3 Å². The van der Waals surface area contributed by atoms with Gasteiger partial charge in [-0.1, -0.05) is 0 Å². The quantitative estimate of drug-likeness (QED) is 0.717. The highest BCUT2D eigenvalue weighted by Crippen LogP contribution is 2.23. The molecule has 0 unspecified atom stereocenters. The van der Waals surface area contributed by atoms with E-state index in [2.05, 4.69) is 0 Å². The fourth-order valence-corrected chi connectivity index (χ4v) is 2.43. The van der Waals surface area contributed by atoms with Gasteiger partial charge in [-0.15, -0.1) is 0 Å². The SMILES string of the molecule is Nc1c(C(=O)c2ccc(F)cc2)ccc(=O)n1-c1ccc(O)cc1F. The number of nitrogen functional groups attached to an aromatic ring is 1. The first-order valence-corrected chi connectivity index (χ1v) is 7.19. The number of anilines is 1. The molecule has 0 atom stereocenters. The molecule has 126 valence electrons. The highest BCUT2D eigenvalue weighted by molar-refractivity contribution is 6.11. The number of nitrogens with zero attached hydrogens (tertiary/aromatic N) is 1. The van der Waals surface area contributed by atoms with Crippen LogP contribution < -0.4 is 11.3 Å². The number of pyridine rings is 1. The molecule has 0 spiro atoms. The number of benzene rings is 2. The van der Waals surface area contributed by atoms with Crippen LogP contribution in [0.15, 0.2) is 59.4 Å². The Kier molecular flexibility index (Phi) is 4.06. The van der Waals surface area contributed by atoms with E-state index >= 15 is 0 Å². The first kappa shape index (κ1) is 16.4. The number of nitrogens with two attached hydrogens (primary N) is 1. The molecule has 0 aliphatic rings. The van der Waals surface area contributed by atoms with Gasteiger partial charge >= 0.3 is 0 Å². The van der Waals surface area contributed by atoms with Gasteiger partial charge in [-0.25, -0.2) is 8.78 Å². The lowest BCUT2D eigenvalue weighted by Crippen LogP contribution is -2.24. The molecular weight excluding hydrogens is 330 g/mol. The third kappa shape index (κ3) is 2.99. The highest BCUT2D eigenvalue weighted by atomic mass is 19.1. The van der Waals surface area contributed by atoms with Crippen LogP contribution in [-0.2, 0) is 0 Å². The Morgan fingerprint density at radius 2 is 1.68 bits per heavy atom. The van der Waals surface area contributed by atoms with E-state index in [9.17, 15) is 23.5 Å². The minimum absolute atomic E-state index is 0.0290. The van der Waals surface area contributed by atoms with Gasteiger partial charge in [0.1, 0.15) is 17.4 Å². The van der Waals surface area contributed by atoms with E-state index < -0.39 is 23.0 Å². The predicted octanol–water partition coefficient (Wildman–Crippen LogP) is 2.63. The van der Waals surface area contributed by atoms with Crippen molar-refractivity contribution >= 4 is 11.6 Å². The maximum absolute atomic E-state index is 14.1. The van der Waals surface area contributed by atoms with Crippen LogP contribution in [0.4, 0.5) is 14.6 Å². The Labute approximate surface area is 140 Å². The molecule has 1 aromatic heterocycles. The summed E-state index contributed by atoms with van der Waals surface area (Å²) in [7, 11) is 0. The van der Waals surface area contributed by atoms with Gasteiger partial charge in [-0.2, -0.15) is 0 Å². The molecule has 0 amide bonds. The maximum Gasteiger partial charge on any atom is 0.256 e. The van der Waals surface area contributed by atoms with Crippen LogP contribution in [0.25, 0.3) is 5.69 Å². The Bertz CT molecular complexity index is 1030. The average Bonchev–Trinajstić information content (AvgIpc) is 2.57. The van der Waals surface area contributed by atoms with E-state index in [1.807, 2.05) is 0 Å². The van der Waals surface area contributed by atoms with Gasteiger partial charge in [0.15, 0.2) is 11.6 Å². The van der Waals surface area contributed by atoms with Crippen LogP contribution in [0, 0.1) is 11.6 Å². The number of rotatable bonds is 3. The molecule has 0 bridgehead atoms. The van der Waals surface area contributed by atoms with E-state index in [4.69, 9.17) is 5.73 Å². The van der Waals surface area contributed by atoms with Gasteiger partial charge in [-0.3, -0.25) is 14.2 Å². The summed E-state index contributed by atoms with van der Waals surface area (Å²) in [5, 5.41) is 9.29. The van der Waals surface area contributed by atoms with Gasteiger partial charge in [0, 0.05) is 17.7 Å². The summed E-state index contributed by atoms with van der Waals surface area (Å²) in [4.78, 5) is 24.7. The summed E-state index contributed by atoms with van der Waals surface area (Å²) in [6.07, 6.45) is 0. The van der Waals surface area contributed by atoms with Crippen molar-refractivity contribution in [2.75, 3.05) is 5.73 Å². The first-order chi connectivity index (χ1) is 11.9. The van der Waals surface area contributed by atoms with Gasteiger partial charge < -0.3 is 10.8 Å². The smallest absolute Gasteiger partial charge is 0.256 e. The summed E-state index contributed by atoms with van der Waals surface area (Å²) in [5.74, 6) is -2.48. The monoisotopic (exact) mass is 342 g/mol. The number of hydrogen-bond donors (Lipinski definition) is 2. The fourth-order valence-electron chi connectivity index (χ4n) is 2.43. The van der Waals surface area contributed by atoms with E-state index in [0.717, 1.165) is 28.8 Å². The van der Waals surface area contributed by atoms with E-state index in [1.54, 1.807) is 0 Å². The third-order valence-electron chi connectivity index (χ3n) is 3.65. The second-order valence-corrected chi connectivity index (χ2v) is 5.28. The number of ketones is 1. The summed E-state index contributed by atoms with van der Waals surface area (Å²) in [5.41, 5.74) is 5.23. The molecule has 0 saturated heterocycles. The van der Waals surface area contributed by atoms with Crippen molar-refractivity contribution in [3.63, 3.8) is 0 Å². The van der Waals surface area contributed by atoms with E-state index in [0.29, 0.717) is 0 Å². The molecular formula is C18H12F2N2O3. The standard InChI is InChI=1S/C18H12F2N2O3/c19-11-3-1-10(2-4-11)17(25)13-6-8-16(24)22(18(13)21)15-7-5-12(23)9-14(15)20/h1-9,23H,21H2. The molecule has 25 heavy (non-hydrogen) atoms. The van der Waals surface area contributed by atoms with Crippen molar-refractivity contribution in [1.29, 1.82) is 0 Å². The molecule has 0 saturated carbocycles. The molecule has 3 aromatic rings. The lowest BCUT2D eigenvalue weighted by atomic mass is 10.0. The Balaban J connectivity index is 2.16. The van der Waals surface area contributed by atoms with Crippen LogP contribution in [-0.4, -0.2) is 15.5 Å².